The number of methoxy groups -OCH3 is 1. The third-order valence-electron chi connectivity index (χ3n) is 3.85. The molecule has 8 nitrogen and oxygen atoms in total. The molecule has 0 radical (unpaired) electrons. The van der Waals surface area contributed by atoms with Crippen LogP contribution in [0.2, 0.25) is 0 Å². The number of hydrogen-bond acceptors (Lipinski definition) is 5. The predicted molar refractivity (Wildman–Crippen MR) is 96.6 cm³/mol. The van der Waals surface area contributed by atoms with Crippen molar-refractivity contribution in [1.29, 1.82) is 0 Å². The minimum atomic E-state index is -3.45. The molecule has 0 unspecified atom stereocenters. The first kappa shape index (κ1) is 19.3. The molecule has 1 aliphatic rings. The number of amides is 2. The third kappa shape index (κ3) is 6.79. The van der Waals surface area contributed by atoms with Crippen LogP contribution in [-0.2, 0) is 14.8 Å². The maximum absolute atomic E-state index is 12.0. The van der Waals surface area contributed by atoms with Crippen LogP contribution in [-0.4, -0.2) is 47.6 Å². The zero-order chi connectivity index (χ0) is 18.3. The monoisotopic (exact) mass is 371 g/mol. The molecule has 1 aromatic carbocycles. The highest BCUT2D eigenvalue weighted by atomic mass is 32.2. The van der Waals surface area contributed by atoms with E-state index in [4.69, 9.17) is 9.47 Å². The summed E-state index contributed by atoms with van der Waals surface area (Å²) in [6, 6.07) is 4.39. The topological polar surface area (TPSA) is 106 Å². The highest BCUT2D eigenvalue weighted by molar-refractivity contribution is 7.92. The molecule has 0 bridgehead atoms. The Labute approximate surface area is 148 Å². The van der Waals surface area contributed by atoms with Gasteiger partial charge in [-0.15, -0.1) is 0 Å². The molecule has 0 aliphatic carbocycles. The molecule has 1 aliphatic heterocycles. The van der Waals surface area contributed by atoms with Gasteiger partial charge in [-0.05, 0) is 43.4 Å². The van der Waals surface area contributed by atoms with Crippen molar-refractivity contribution in [1.82, 2.24) is 5.32 Å². The van der Waals surface area contributed by atoms with E-state index in [-0.39, 0.29) is 11.7 Å². The van der Waals surface area contributed by atoms with E-state index in [9.17, 15) is 13.2 Å². The number of rotatable bonds is 7. The summed E-state index contributed by atoms with van der Waals surface area (Å²) in [5, 5.41) is 5.48. The third-order valence-corrected chi connectivity index (χ3v) is 4.44. The summed E-state index contributed by atoms with van der Waals surface area (Å²) < 4.78 is 35.7. The van der Waals surface area contributed by atoms with Crippen molar-refractivity contribution in [2.24, 2.45) is 5.92 Å². The van der Waals surface area contributed by atoms with Gasteiger partial charge in [-0.25, -0.2) is 13.2 Å². The fourth-order valence-electron chi connectivity index (χ4n) is 2.67. The molecule has 3 N–H and O–H groups in total. The lowest BCUT2D eigenvalue weighted by Crippen LogP contribution is -2.31. The van der Waals surface area contributed by atoms with Gasteiger partial charge in [-0.3, -0.25) is 4.72 Å². The Morgan fingerprint density at radius 1 is 1.40 bits per heavy atom. The number of sulfonamides is 1. The first-order valence-corrected chi connectivity index (χ1v) is 10.0. The van der Waals surface area contributed by atoms with Crippen LogP contribution >= 0.6 is 0 Å². The maximum atomic E-state index is 12.0. The van der Waals surface area contributed by atoms with Crippen LogP contribution in [0.5, 0.6) is 5.75 Å². The highest BCUT2D eigenvalue weighted by Gasteiger charge is 2.14. The lowest BCUT2D eigenvalue weighted by atomic mass is 9.99. The van der Waals surface area contributed by atoms with Crippen molar-refractivity contribution < 1.29 is 22.7 Å². The van der Waals surface area contributed by atoms with Gasteiger partial charge in [-0.1, -0.05) is 0 Å². The molecule has 9 heteroatoms. The Kier molecular flexibility index (Phi) is 6.89. The Balaban J connectivity index is 1.88. The van der Waals surface area contributed by atoms with E-state index in [2.05, 4.69) is 15.4 Å². The lowest BCUT2D eigenvalue weighted by molar-refractivity contribution is 0.0520. The summed E-state index contributed by atoms with van der Waals surface area (Å²) in [5.41, 5.74) is 0.729. The van der Waals surface area contributed by atoms with E-state index in [0.717, 1.165) is 38.7 Å². The number of carbonyl (C=O) groups excluding carboxylic acids is 1. The number of anilines is 2. The van der Waals surface area contributed by atoms with Gasteiger partial charge in [0, 0.05) is 25.4 Å². The zero-order valence-electron chi connectivity index (χ0n) is 14.5. The van der Waals surface area contributed by atoms with Gasteiger partial charge in [-0.2, -0.15) is 0 Å². The number of hydrogen-bond donors (Lipinski definition) is 3. The summed E-state index contributed by atoms with van der Waals surface area (Å²) in [6.07, 6.45) is 4.12. The van der Waals surface area contributed by atoms with Crippen molar-refractivity contribution >= 4 is 27.4 Å². The maximum Gasteiger partial charge on any atom is 0.319 e. The Bertz CT molecular complexity index is 687. The molecule has 140 valence electrons. The molecule has 0 saturated carbocycles. The standard InChI is InChI=1S/C16H25N3O5S/c1-23-15-6-5-13(10-14(15)19-25(2,21)22)18-16(20)17-8-7-12-4-3-9-24-11-12/h5-6,10,12,19H,3-4,7-9,11H2,1-2H3,(H2,17,18,20)/t12-/m1/s1. The first-order chi connectivity index (χ1) is 11.9. The zero-order valence-corrected chi connectivity index (χ0v) is 15.3. The van der Waals surface area contributed by atoms with Crippen molar-refractivity contribution in [3.63, 3.8) is 0 Å². The van der Waals surface area contributed by atoms with E-state index in [1.54, 1.807) is 12.1 Å². The second-order valence-electron chi connectivity index (χ2n) is 6.04. The van der Waals surface area contributed by atoms with E-state index >= 15 is 0 Å². The van der Waals surface area contributed by atoms with Crippen LogP contribution < -0.4 is 20.1 Å². The van der Waals surface area contributed by atoms with Gasteiger partial charge >= 0.3 is 6.03 Å². The van der Waals surface area contributed by atoms with Crippen LogP contribution in [0, 0.1) is 5.92 Å². The summed E-state index contributed by atoms with van der Waals surface area (Å²) in [4.78, 5) is 12.0. The van der Waals surface area contributed by atoms with Gasteiger partial charge in [0.2, 0.25) is 10.0 Å². The van der Waals surface area contributed by atoms with Crippen molar-refractivity contribution in [2.75, 3.05) is 43.2 Å². The molecule has 1 heterocycles. The van der Waals surface area contributed by atoms with E-state index < -0.39 is 10.0 Å². The Morgan fingerprint density at radius 3 is 2.84 bits per heavy atom. The second-order valence-corrected chi connectivity index (χ2v) is 7.79. The summed E-state index contributed by atoms with van der Waals surface area (Å²) in [7, 11) is -2.01. The van der Waals surface area contributed by atoms with Crippen LogP contribution in [0.4, 0.5) is 16.2 Å². The predicted octanol–water partition coefficient (Wildman–Crippen LogP) is 2.00. The normalized spacial score (nSPS) is 17.6. The molecule has 0 aromatic heterocycles. The van der Waals surface area contributed by atoms with Crippen LogP contribution in [0.15, 0.2) is 18.2 Å². The first-order valence-electron chi connectivity index (χ1n) is 8.16. The van der Waals surface area contributed by atoms with Gasteiger partial charge in [0.05, 0.1) is 19.1 Å². The number of benzene rings is 1. The molecule has 1 saturated heterocycles. The fraction of sp³-hybridized carbons (Fsp3) is 0.562. The fourth-order valence-corrected chi connectivity index (χ4v) is 3.22. The van der Waals surface area contributed by atoms with E-state index in [1.807, 2.05) is 0 Å². The summed E-state index contributed by atoms with van der Waals surface area (Å²) in [5.74, 6) is 0.856. The van der Waals surface area contributed by atoms with Crippen LogP contribution in [0.3, 0.4) is 0 Å². The van der Waals surface area contributed by atoms with Crippen molar-refractivity contribution in [2.45, 2.75) is 19.3 Å². The lowest BCUT2D eigenvalue weighted by Gasteiger charge is -2.22. The largest absolute Gasteiger partial charge is 0.495 e. The van der Waals surface area contributed by atoms with Gasteiger partial charge in [0.1, 0.15) is 5.75 Å². The smallest absolute Gasteiger partial charge is 0.319 e. The quantitative estimate of drug-likeness (QED) is 0.680. The Hall–Kier alpha value is -2.00. The minimum absolute atomic E-state index is 0.266. The van der Waals surface area contributed by atoms with Crippen molar-refractivity contribution in [3.05, 3.63) is 18.2 Å². The van der Waals surface area contributed by atoms with Crippen molar-refractivity contribution in [3.8, 4) is 5.75 Å². The Morgan fingerprint density at radius 2 is 2.20 bits per heavy atom. The van der Waals surface area contributed by atoms with E-state index in [1.165, 1.54) is 13.2 Å². The molecule has 25 heavy (non-hydrogen) atoms. The van der Waals surface area contributed by atoms with Gasteiger partial charge in [0.15, 0.2) is 0 Å². The average Bonchev–Trinajstić information content (AvgIpc) is 2.54. The molecule has 1 fully saturated rings. The summed E-state index contributed by atoms with van der Waals surface area (Å²) >= 11 is 0. The number of urea groups is 1. The molecule has 2 rings (SSSR count). The minimum Gasteiger partial charge on any atom is -0.495 e. The molecule has 1 aromatic rings. The van der Waals surface area contributed by atoms with Gasteiger partial charge < -0.3 is 20.1 Å². The highest BCUT2D eigenvalue weighted by Crippen LogP contribution is 2.28. The van der Waals surface area contributed by atoms with Crippen LogP contribution in [0.25, 0.3) is 0 Å². The summed E-state index contributed by atoms with van der Waals surface area (Å²) in [6.45, 7) is 2.14. The van der Waals surface area contributed by atoms with Gasteiger partial charge in [0.25, 0.3) is 0 Å². The number of ether oxygens (including phenoxy) is 2. The molecular weight excluding hydrogens is 346 g/mol. The molecular formula is C16H25N3O5S. The van der Waals surface area contributed by atoms with Crippen LogP contribution in [0.1, 0.15) is 19.3 Å². The molecule has 1 atom stereocenters. The molecule has 0 spiro atoms. The SMILES string of the molecule is COc1ccc(NC(=O)NCC[C@H]2CCCOC2)cc1NS(C)(=O)=O. The number of carbonyl (C=O) groups is 1. The van der Waals surface area contributed by atoms with E-state index in [0.29, 0.717) is 23.9 Å². The molecule has 2 amide bonds. The average molecular weight is 371 g/mol. The second kappa shape index (κ2) is 8.91. The number of nitrogens with one attached hydrogen (secondary N) is 3.